The Morgan fingerprint density at radius 3 is 2.67 bits per heavy atom. The SMILES string of the molecule is CCCn1cc(C(NCC)C2(OCC)CCCCC2)cn1. The summed E-state index contributed by atoms with van der Waals surface area (Å²) in [5, 5.41) is 8.19. The molecule has 0 radical (unpaired) electrons. The van der Waals surface area contributed by atoms with Gasteiger partial charge in [-0.3, -0.25) is 4.68 Å². The number of hydrogen-bond acceptors (Lipinski definition) is 3. The first kappa shape index (κ1) is 16.5. The van der Waals surface area contributed by atoms with Crippen LogP contribution in [0, 0.1) is 0 Å². The zero-order valence-corrected chi connectivity index (χ0v) is 13.9. The molecule has 0 aliphatic heterocycles. The zero-order valence-electron chi connectivity index (χ0n) is 13.9. The van der Waals surface area contributed by atoms with Gasteiger partial charge in [-0.05, 0) is 32.7 Å². The number of nitrogens with zero attached hydrogens (tertiary/aromatic N) is 2. The molecule has 0 amide bonds. The van der Waals surface area contributed by atoms with Gasteiger partial charge in [0, 0.05) is 24.9 Å². The van der Waals surface area contributed by atoms with E-state index in [1.54, 1.807) is 0 Å². The Labute approximate surface area is 129 Å². The molecule has 4 heteroatoms. The van der Waals surface area contributed by atoms with Crippen LogP contribution in [-0.4, -0.2) is 28.5 Å². The van der Waals surface area contributed by atoms with Crippen LogP contribution in [0.4, 0.5) is 0 Å². The fraction of sp³-hybridized carbons (Fsp3) is 0.824. The predicted octanol–water partition coefficient (Wildman–Crippen LogP) is 3.68. The summed E-state index contributed by atoms with van der Waals surface area (Å²) in [5.74, 6) is 0. The van der Waals surface area contributed by atoms with Gasteiger partial charge in [-0.1, -0.05) is 33.1 Å². The minimum Gasteiger partial charge on any atom is -0.373 e. The van der Waals surface area contributed by atoms with Crippen molar-refractivity contribution in [2.75, 3.05) is 13.2 Å². The van der Waals surface area contributed by atoms with Crippen molar-refractivity contribution in [2.45, 2.75) is 77.5 Å². The minimum atomic E-state index is -0.0525. The smallest absolute Gasteiger partial charge is 0.0877 e. The number of rotatable bonds is 8. The Hall–Kier alpha value is -0.870. The van der Waals surface area contributed by atoms with E-state index < -0.39 is 0 Å². The van der Waals surface area contributed by atoms with Crippen molar-refractivity contribution in [3.8, 4) is 0 Å². The second-order valence-electron chi connectivity index (χ2n) is 6.09. The summed E-state index contributed by atoms with van der Waals surface area (Å²) < 4.78 is 8.37. The monoisotopic (exact) mass is 293 g/mol. The van der Waals surface area contributed by atoms with Gasteiger partial charge in [-0.25, -0.2) is 0 Å². The molecule has 1 aliphatic carbocycles. The van der Waals surface area contributed by atoms with Gasteiger partial charge in [0.05, 0.1) is 17.8 Å². The fourth-order valence-corrected chi connectivity index (χ4v) is 3.65. The van der Waals surface area contributed by atoms with E-state index in [4.69, 9.17) is 4.74 Å². The molecule has 1 atom stereocenters. The van der Waals surface area contributed by atoms with Gasteiger partial charge in [-0.2, -0.15) is 5.10 Å². The largest absolute Gasteiger partial charge is 0.373 e. The van der Waals surface area contributed by atoms with Crippen LogP contribution in [0.3, 0.4) is 0 Å². The molecule has 1 heterocycles. The van der Waals surface area contributed by atoms with Crippen molar-refractivity contribution >= 4 is 0 Å². The number of ether oxygens (including phenoxy) is 1. The lowest BCUT2D eigenvalue weighted by Gasteiger charge is -2.43. The molecule has 1 fully saturated rings. The molecule has 120 valence electrons. The van der Waals surface area contributed by atoms with Crippen molar-refractivity contribution < 1.29 is 4.74 Å². The van der Waals surface area contributed by atoms with E-state index in [1.165, 1.54) is 24.8 Å². The highest BCUT2D eigenvalue weighted by molar-refractivity contribution is 5.17. The van der Waals surface area contributed by atoms with E-state index in [1.807, 2.05) is 6.20 Å². The number of likely N-dealkylation sites (N-methyl/N-ethyl adjacent to an activating group) is 1. The maximum Gasteiger partial charge on any atom is 0.0877 e. The zero-order chi connectivity index (χ0) is 15.1. The molecular formula is C17H31N3O. The second kappa shape index (κ2) is 7.95. The van der Waals surface area contributed by atoms with E-state index in [-0.39, 0.29) is 11.6 Å². The molecule has 1 aromatic rings. The molecule has 1 unspecified atom stereocenters. The summed E-state index contributed by atoms with van der Waals surface area (Å²) in [7, 11) is 0. The van der Waals surface area contributed by atoms with Gasteiger partial charge in [0.1, 0.15) is 0 Å². The molecule has 1 N–H and O–H groups in total. The highest BCUT2D eigenvalue weighted by Gasteiger charge is 2.41. The Kier molecular flexibility index (Phi) is 6.24. The van der Waals surface area contributed by atoms with Crippen LogP contribution < -0.4 is 5.32 Å². The van der Waals surface area contributed by atoms with E-state index >= 15 is 0 Å². The van der Waals surface area contributed by atoms with Crippen LogP contribution in [0.5, 0.6) is 0 Å². The van der Waals surface area contributed by atoms with Crippen molar-refractivity contribution in [2.24, 2.45) is 0 Å². The molecule has 0 saturated heterocycles. The average molecular weight is 293 g/mol. The number of aryl methyl sites for hydroxylation is 1. The van der Waals surface area contributed by atoms with Crippen LogP contribution >= 0.6 is 0 Å². The normalized spacial score (nSPS) is 19.6. The first-order valence-corrected chi connectivity index (χ1v) is 8.65. The third-order valence-corrected chi connectivity index (χ3v) is 4.51. The summed E-state index contributed by atoms with van der Waals surface area (Å²) in [6, 6.07) is 0.258. The van der Waals surface area contributed by atoms with E-state index in [0.717, 1.165) is 39.0 Å². The average Bonchev–Trinajstić information content (AvgIpc) is 2.94. The van der Waals surface area contributed by atoms with Crippen molar-refractivity contribution in [3.63, 3.8) is 0 Å². The lowest BCUT2D eigenvalue weighted by Crippen LogP contribution is -2.47. The molecule has 0 spiro atoms. The van der Waals surface area contributed by atoms with Gasteiger partial charge >= 0.3 is 0 Å². The molecular weight excluding hydrogens is 262 g/mol. The van der Waals surface area contributed by atoms with E-state index in [9.17, 15) is 0 Å². The van der Waals surface area contributed by atoms with Gasteiger partial charge < -0.3 is 10.1 Å². The van der Waals surface area contributed by atoms with Crippen molar-refractivity contribution in [3.05, 3.63) is 18.0 Å². The Morgan fingerprint density at radius 1 is 1.29 bits per heavy atom. The van der Waals surface area contributed by atoms with Crippen LogP contribution in [0.25, 0.3) is 0 Å². The lowest BCUT2D eigenvalue weighted by molar-refractivity contribution is -0.0910. The maximum atomic E-state index is 6.31. The first-order valence-electron chi connectivity index (χ1n) is 8.65. The molecule has 1 aromatic heterocycles. The van der Waals surface area contributed by atoms with Crippen LogP contribution in [0.2, 0.25) is 0 Å². The predicted molar refractivity (Wildman–Crippen MR) is 86.4 cm³/mol. The molecule has 4 nitrogen and oxygen atoms in total. The summed E-state index contributed by atoms with van der Waals surface area (Å²) in [6.45, 7) is 9.20. The maximum absolute atomic E-state index is 6.31. The summed E-state index contributed by atoms with van der Waals surface area (Å²) in [5.41, 5.74) is 1.23. The Morgan fingerprint density at radius 2 is 2.05 bits per heavy atom. The molecule has 0 aromatic carbocycles. The molecule has 21 heavy (non-hydrogen) atoms. The van der Waals surface area contributed by atoms with Crippen LogP contribution in [-0.2, 0) is 11.3 Å². The highest BCUT2D eigenvalue weighted by Crippen LogP contribution is 2.41. The molecule has 0 bridgehead atoms. The molecule has 1 aliphatic rings. The summed E-state index contributed by atoms with van der Waals surface area (Å²) in [6.07, 6.45) is 11.5. The summed E-state index contributed by atoms with van der Waals surface area (Å²) >= 11 is 0. The van der Waals surface area contributed by atoms with Crippen LogP contribution in [0.15, 0.2) is 12.4 Å². The summed E-state index contributed by atoms with van der Waals surface area (Å²) in [4.78, 5) is 0. The third-order valence-electron chi connectivity index (χ3n) is 4.51. The second-order valence-corrected chi connectivity index (χ2v) is 6.09. The highest BCUT2D eigenvalue weighted by atomic mass is 16.5. The van der Waals surface area contributed by atoms with Gasteiger partial charge in [0.25, 0.3) is 0 Å². The third kappa shape index (κ3) is 3.86. The molecule has 1 saturated carbocycles. The van der Waals surface area contributed by atoms with E-state index in [2.05, 4.69) is 42.1 Å². The lowest BCUT2D eigenvalue weighted by atomic mass is 9.77. The van der Waals surface area contributed by atoms with Crippen molar-refractivity contribution in [1.29, 1.82) is 0 Å². The standard InChI is InChI=1S/C17H31N3O/c1-4-12-20-14-15(13-19-20)16(18-5-2)17(21-6-3)10-8-7-9-11-17/h13-14,16,18H,4-12H2,1-3H3. The van der Waals surface area contributed by atoms with E-state index in [0.29, 0.717) is 0 Å². The van der Waals surface area contributed by atoms with Crippen molar-refractivity contribution in [1.82, 2.24) is 15.1 Å². The van der Waals surface area contributed by atoms with Gasteiger partial charge in [0.2, 0.25) is 0 Å². The first-order chi connectivity index (χ1) is 10.3. The Bertz CT molecular complexity index is 404. The Balaban J connectivity index is 2.25. The number of aromatic nitrogens is 2. The molecule has 2 rings (SSSR count). The van der Waals surface area contributed by atoms with Crippen LogP contribution in [0.1, 0.15) is 70.9 Å². The minimum absolute atomic E-state index is 0.0525. The quantitative estimate of drug-likeness (QED) is 0.794. The fourth-order valence-electron chi connectivity index (χ4n) is 3.65. The van der Waals surface area contributed by atoms with Gasteiger partial charge in [-0.15, -0.1) is 0 Å². The number of hydrogen-bond donors (Lipinski definition) is 1. The van der Waals surface area contributed by atoms with Gasteiger partial charge in [0.15, 0.2) is 0 Å². The number of nitrogens with one attached hydrogen (secondary N) is 1. The topological polar surface area (TPSA) is 39.1 Å².